The first-order valence-corrected chi connectivity index (χ1v) is 11.2. The molecule has 8 nitrogen and oxygen atoms in total. The van der Waals surface area contributed by atoms with E-state index in [2.05, 4.69) is 14.9 Å². The van der Waals surface area contributed by atoms with E-state index in [9.17, 15) is 13.2 Å². The molecule has 0 bridgehead atoms. The zero-order valence-corrected chi connectivity index (χ0v) is 17.6. The van der Waals surface area contributed by atoms with Crippen molar-refractivity contribution in [3.63, 3.8) is 0 Å². The zero-order chi connectivity index (χ0) is 20.0. The van der Waals surface area contributed by atoms with Crippen molar-refractivity contribution in [2.24, 2.45) is 0 Å². The summed E-state index contributed by atoms with van der Waals surface area (Å²) in [5.41, 5.74) is 2.07. The van der Waals surface area contributed by atoms with E-state index in [1.54, 1.807) is 13.8 Å². The smallest absolute Gasteiger partial charge is 0.302 e. The van der Waals surface area contributed by atoms with Crippen molar-refractivity contribution in [2.45, 2.75) is 39.4 Å². The fourth-order valence-electron chi connectivity index (χ4n) is 2.61. The van der Waals surface area contributed by atoms with Crippen molar-refractivity contribution >= 4 is 27.9 Å². The second kappa shape index (κ2) is 9.34. The monoisotopic (exact) mass is 411 g/mol. The number of carbonyl (C=O) groups excluding carboxylic acids is 1. The third-order valence-electron chi connectivity index (χ3n) is 3.93. The lowest BCUT2D eigenvalue weighted by Gasteiger charge is -2.18. The topological polar surface area (TPSA) is 97.2 Å². The Morgan fingerprint density at radius 3 is 2.52 bits per heavy atom. The SMILES string of the molecule is CCN(CC)S(=O)(=O)NC(=O)CSc1nnc(-c2cccc(C)c2)n1CC. The number of thioether (sulfide) groups is 1. The molecule has 0 aliphatic rings. The summed E-state index contributed by atoms with van der Waals surface area (Å²) in [4.78, 5) is 12.1. The summed E-state index contributed by atoms with van der Waals surface area (Å²) in [6.07, 6.45) is 0. The maximum atomic E-state index is 12.1. The van der Waals surface area contributed by atoms with Gasteiger partial charge < -0.3 is 4.57 Å². The maximum absolute atomic E-state index is 12.1. The minimum Gasteiger partial charge on any atom is -0.302 e. The molecule has 1 amide bonds. The predicted molar refractivity (Wildman–Crippen MR) is 107 cm³/mol. The molecule has 0 unspecified atom stereocenters. The molecule has 27 heavy (non-hydrogen) atoms. The van der Waals surface area contributed by atoms with Gasteiger partial charge in [0, 0.05) is 25.2 Å². The summed E-state index contributed by atoms with van der Waals surface area (Å²) >= 11 is 1.16. The number of aromatic nitrogens is 3. The van der Waals surface area contributed by atoms with Crippen LogP contribution in [0.2, 0.25) is 0 Å². The Labute approximate surface area is 164 Å². The van der Waals surface area contributed by atoms with Crippen LogP contribution in [-0.4, -0.2) is 52.2 Å². The number of nitrogens with one attached hydrogen (secondary N) is 1. The summed E-state index contributed by atoms with van der Waals surface area (Å²) in [6, 6.07) is 7.94. The number of hydrogen-bond acceptors (Lipinski definition) is 6. The molecular weight excluding hydrogens is 386 g/mol. The van der Waals surface area contributed by atoms with Gasteiger partial charge in [-0.25, -0.2) is 4.72 Å². The number of nitrogens with zero attached hydrogens (tertiary/aromatic N) is 4. The van der Waals surface area contributed by atoms with Gasteiger partial charge in [0.2, 0.25) is 5.91 Å². The Morgan fingerprint density at radius 2 is 1.93 bits per heavy atom. The average molecular weight is 412 g/mol. The van der Waals surface area contributed by atoms with Gasteiger partial charge >= 0.3 is 10.2 Å². The van der Waals surface area contributed by atoms with Gasteiger partial charge in [0.05, 0.1) is 5.75 Å². The van der Waals surface area contributed by atoms with E-state index in [0.29, 0.717) is 24.8 Å². The van der Waals surface area contributed by atoms with Gasteiger partial charge in [0.15, 0.2) is 11.0 Å². The van der Waals surface area contributed by atoms with Crippen LogP contribution in [0.1, 0.15) is 26.3 Å². The van der Waals surface area contributed by atoms with Crippen molar-refractivity contribution in [2.75, 3.05) is 18.8 Å². The van der Waals surface area contributed by atoms with E-state index < -0.39 is 16.1 Å². The number of hydrogen-bond donors (Lipinski definition) is 1. The number of aryl methyl sites for hydroxylation is 1. The Hall–Kier alpha value is -1.91. The van der Waals surface area contributed by atoms with Gasteiger partial charge in [-0.3, -0.25) is 4.79 Å². The number of amides is 1. The van der Waals surface area contributed by atoms with Crippen molar-refractivity contribution in [3.8, 4) is 11.4 Å². The Kier molecular flexibility index (Phi) is 7.40. The highest BCUT2D eigenvalue weighted by atomic mass is 32.2. The lowest BCUT2D eigenvalue weighted by Crippen LogP contribution is -2.43. The largest absolute Gasteiger partial charge is 0.303 e. The van der Waals surface area contributed by atoms with Crippen LogP contribution < -0.4 is 4.72 Å². The summed E-state index contributed by atoms with van der Waals surface area (Å²) in [6.45, 7) is 8.66. The lowest BCUT2D eigenvalue weighted by molar-refractivity contribution is -0.116. The first kappa shape index (κ1) is 21.4. The van der Waals surface area contributed by atoms with Gasteiger partial charge in [0.25, 0.3) is 0 Å². The van der Waals surface area contributed by atoms with E-state index in [1.165, 1.54) is 4.31 Å². The third-order valence-corrected chi connectivity index (χ3v) is 6.58. The average Bonchev–Trinajstić information content (AvgIpc) is 3.03. The van der Waals surface area contributed by atoms with Gasteiger partial charge in [-0.05, 0) is 19.9 Å². The van der Waals surface area contributed by atoms with Crippen LogP contribution in [0.4, 0.5) is 0 Å². The molecule has 0 saturated carbocycles. The Morgan fingerprint density at radius 1 is 1.22 bits per heavy atom. The molecule has 10 heteroatoms. The van der Waals surface area contributed by atoms with Crippen molar-refractivity contribution in [1.29, 1.82) is 0 Å². The molecule has 0 radical (unpaired) electrons. The molecule has 148 valence electrons. The first-order valence-electron chi connectivity index (χ1n) is 8.76. The summed E-state index contributed by atoms with van der Waals surface area (Å²) in [5, 5.41) is 8.98. The van der Waals surface area contributed by atoms with Gasteiger partial charge in [-0.2, -0.15) is 12.7 Å². The molecule has 1 aromatic carbocycles. The molecule has 0 spiro atoms. The number of benzene rings is 1. The molecule has 0 fully saturated rings. The number of rotatable bonds is 9. The molecule has 0 aliphatic carbocycles. The minimum atomic E-state index is -3.81. The normalized spacial score (nSPS) is 11.7. The summed E-state index contributed by atoms with van der Waals surface area (Å²) < 4.78 is 29.4. The van der Waals surface area contributed by atoms with E-state index in [-0.39, 0.29) is 5.75 Å². The van der Waals surface area contributed by atoms with Crippen molar-refractivity contribution in [3.05, 3.63) is 29.8 Å². The fraction of sp³-hybridized carbons (Fsp3) is 0.471. The van der Waals surface area contributed by atoms with Gasteiger partial charge in [-0.15, -0.1) is 10.2 Å². The van der Waals surface area contributed by atoms with Crippen LogP contribution in [0.25, 0.3) is 11.4 Å². The quantitative estimate of drug-likeness (QED) is 0.635. The highest BCUT2D eigenvalue weighted by Gasteiger charge is 2.22. The zero-order valence-electron chi connectivity index (χ0n) is 16.0. The predicted octanol–water partition coefficient (Wildman–Crippen LogP) is 2.07. The molecule has 1 aromatic heterocycles. The molecule has 0 aliphatic heterocycles. The van der Waals surface area contributed by atoms with E-state index >= 15 is 0 Å². The van der Waals surface area contributed by atoms with Crippen LogP contribution in [0, 0.1) is 6.92 Å². The van der Waals surface area contributed by atoms with Gasteiger partial charge in [0.1, 0.15) is 0 Å². The Bertz CT molecular complexity index is 892. The number of carbonyl (C=O) groups is 1. The van der Waals surface area contributed by atoms with Crippen LogP contribution in [0.5, 0.6) is 0 Å². The third kappa shape index (κ3) is 5.30. The van der Waals surface area contributed by atoms with Crippen LogP contribution >= 0.6 is 11.8 Å². The second-order valence-electron chi connectivity index (χ2n) is 5.82. The fourth-order valence-corrected chi connectivity index (χ4v) is 4.67. The molecule has 2 aromatic rings. The molecule has 0 saturated heterocycles. The van der Waals surface area contributed by atoms with Crippen molar-refractivity contribution < 1.29 is 13.2 Å². The van der Waals surface area contributed by atoms with Crippen molar-refractivity contribution in [1.82, 2.24) is 23.8 Å². The summed E-state index contributed by atoms with van der Waals surface area (Å²) in [5.74, 6) is 0.0708. The Balaban J connectivity index is 2.09. The van der Waals surface area contributed by atoms with Crippen LogP contribution in [0.3, 0.4) is 0 Å². The van der Waals surface area contributed by atoms with Gasteiger partial charge in [-0.1, -0.05) is 49.4 Å². The lowest BCUT2D eigenvalue weighted by atomic mass is 10.1. The molecule has 0 atom stereocenters. The first-order chi connectivity index (χ1) is 12.8. The standard InChI is InChI=1S/C17H25N5O3S2/c1-5-21(6-2)27(24,25)20-15(23)12-26-17-19-18-16(22(17)7-3)14-10-8-9-13(4)11-14/h8-11H,5-7,12H2,1-4H3,(H,20,23). The maximum Gasteiger partial charge on any atom is 0.303 e. The highest BCUT2D eigenvalue weighted by Crippen LogP contribution is 2.24. The van der Waals surface area contributed by atoms with E-state index in [4.69, 9.17) is 0 Å². The second-order valence-corrected chi connectivity index (χ2v) is 8.44. The minimum absolute atomic E-state index is 0.0630. The molecule has 1 N–H and O–H groups in total. The highest BCUT2D eigenvalue weighted by molar-refractivity contribution is 8.00. The van der Waals surface area contributed by atoms with Crippen LogP contribution in [-0.2, 0) is 21.5 Å². The summed E-state index contributed by atoms with van der Waals surface area (Å²) in [7, 11) is -3.81. The van der Waals surface area contributed by atoms with E-state index in [1.807, 2.05) is 42.7 Å². The van der Waals surface area contributed by atoms with Crippen LogP contribution in [0.15, 0.2) is 29.4 Å². The molecule has 2 rings (SSSR count). The molecular formula is C17H25N5O3S2. The van der Waals surface area contributed by atoms with E-state index in [0.717, 1.165) is 28.7 Å². The molecule has 1 heterocycles.